The second-order valence-electron chi connectivity index (χ2n) is 5.08. The molecule has 2 aromatic rings. The number of hydrogen-bond acceptors (Lipinski definition) is 4. The molecular weight excluding hydrogens is 270 g/mol. The standard InChI is InChI=1S/C16H23NO2S/c1-12(2)17-10-16-14(11-19-9-8-18-3)13-6-4-5-7-15(13)20-16/h4-7,12,17H,8-11H2,1-3H3. The van der Waals surface area contributed by atoms with Crippen molar-refractivity contribution in [1.29, 1.82) is 0 Å². The molecule has 0 fully saturated rings. The number of fused-ring (bicyclic) bond motifs is 1. The van der Waals surface area contributed by atoms with Crippen LogP contribution in [0.5, 0.6) is 0 Å². The molecule has 0 bridgehead atoms. The first-order valence-electron chi connectivity index (χ1n) is 7.01. The van der Waals surface area contributed by atoms with E-state index in [2.05, 4.69) is 43.4 Å². The number of hydrogen-bond donors (Lipinski definition) is 1. The molecule has 1 aromatic heterocycles. The van der Waals surface area contributed by atoms with Gasteiger partial charge in [-0.05, 0) is 11.5 Å². The summed E-state index contributed by atoms with van der Waals surface area (Å²) in [5.41, 5.74) is 1.31. The number of thiophene rings is 1. The van der Waals surface area contributed by atoms with E-state index in [0.29, 0.717) is 25.9 Å². The van der Waals surface area contributed by atoms with E-state index in [-0.39, 0.29) is 0 Å². The molecular formula is C16H23NO2S. The van der Waals surface area contributed by atoms with Crippen LogP contribution in [-0.4, -0.2) is 26.4 Å². The normalized spacial score (nSPS) is 11.6. The number of nitrogens with one attached hydrogen (secondary N) is 1. The highest BCUT2D eigenvalue weighted by Crippen LogP contribution is 2.31. The molecule has 0 aliphatic rings. The molecule has 4 heteroatoms. The van der Waals surface area contributed by atoms with Crippen LogP contribution in [-0.2, 0) is 22.6 Å². The van der Waals surface area contributed by atoms with Crippen molar-refractivity contribution in [3.8, 4) is 0 Å². The smallest absolute Gasteiger partial charge is 0.0735 e. The van der Waals surface area contributed by atoms with Gasteiger partial charge in [0.25, 0.3) is 0 Å². The van der Waals surface area contributed by atoms with Crippen LogP contribution >= 0.6 is 11.3 Å². The highest BCUT2D eigenvalue weighted by atomic mass is 32.1. The quantitative estimate of drug-likeness (QED) is 0.755. The Morgan fingerprint density at radius 2 is 2.00 bits per heavy atom. The second kappa shape index (κ2) is 7.74. The van der Waals surface area contributed by atoms with Crippen molar-refractivity contribution < 1.29 is 9.47 Å². The fourth-order valence-corrected chi connectivity index (χ4v) is 3.22. The lowest BCUT2D eigenvalue weighted by Crippen LogP contribution is -2.21. The van der Waals surface area contributed by atoms with Crippen molar-refractivity contribution in [2.24, 2.45) is 0 Å². The molecule has 0 amide bonds. The molecule has 2 rings (SSSR count). The fourth-order valence-electron chi connectivity index (χ4n) is 2.06. The van der Waals surface area contributed by atoms with Gasteiger partial charge in [0.1, 0.15) is 0 Å². The van der Waals surface area contributed by atoms with Crippen LogP contribution in [0, 0.1) is 0 Å². The monoisotopic (exact) mass is 293 g/mol. The molecule has 0 radical (unpaired) electrons. The molecule has 0 unspecified atom stereocenters. The molecule has 0 atom stereocenters. The van der Waals surface area contributed by atoms with E-state index in [1.807, 2.05) is 11.3 Å². The fraction of sp³-hybridized carbons (Fsp3) is 0.500. The summed E-state index contributed by atoms with van der Waals surface area (Å²) in [6.45, 7) is 7.17. The molecule has 1 heterocycles. The van der Waals surface area contributed by atoms with Gasteiger partial charge in [0.2, 0.25) is 0 Å². The van der Waals surface area contributed by atoms with Crippen LogP contribution in [0.3, 0.4) is 0 Å². The third kappa shape index (κ3) is 4.03. The van der Waals surface area contributed by atoms with Gasteiger partial charge in [-0.1, -0.05) is 32.0 Å². The van der Waals surface area contributed by atoms with Crippen LogP contribution in [0.15, 0.2) is 24.3 Å². The van der Waals surface area contributed by atoms with Gasteiger partial charge in [-0.3, -0.25) is 0 Å². The third-order valence-electron chi connectivity index (χ3n) is 3.13. The van der Waals surface area contributed by atoms with Gasteiger partial charge >= 0.3 is 0 Å². The molecule has 1 aromatic carbocycles. The Morgan fingerprint density at radius 1 is 1.20 bits per heavy atom. The van der Waals surface area contributed by atoms with Gasteiger partial charge < -0.3 is 14.8 Å². The third-order valence-corrected chi connectivity index (χ3v) is 4.34. The van der Waals surface area contributed by atoms with Crippen LogP contribution < -0.4 is 5.32 Å². The Morgan fingerprint density at radius 3 is 2.75 bits per heavy atom. The zero-order valence-electron chi connectivity index (χ0n) is 12.4. The van der Waals surface area contributed by atoms with Crippen molar-refractivity contribution in [3.63, 3.8) is 0 Å². The van der Waals surface area contributed by atoms with Crippen LogP contribution in [0.2, 0.25) is 0 Å². The Labute approximate surface area is 124 Å². The molecule has 0 aliphatic heterocycles. The van der Waals surface area contributed by atoms with Gasteiger partial charge in [-0.25, -0.2) is 0 Å². The van der Waals surface area contributed by atoms with E-state index in [1.54, 1.807) is 7.11 Å². The zero-order valence-corrected chi connectivity index (χ0v) is 13.3. The summed E-state index contributed by atoms with van der Waals surface area (Å²) in [4.78, 5) is 1.37. The SMILES string of the molecule is COCCOCc1c(CNC(C)C)sc2ccccc12. The molecule has 3 nitrogen and oxygen atoms in total. The molecule has 0 saturated heterocycles. The van der Waals surface area contributed by atoms with Gasteiger partial charge in [0, 0.05) is 34.8 Å². The largest absolute Gasteiger partial charge is 0.382 e. The van der Waals surface area contributed by atoms with Gasteiger partial charge in [0.05, 0.1) is 19.8 Å². The maximum Gasteiger partial charge on any atom is 0.0735 e. The summed E-state index contributed by atoms with van der Waals surface area (Å²) in [7, 11) is 1.70. The number of rotatable bonds is 8. The summed E-state index contributed by atoms with van der Waals surface area (Å²) < 4.78 is 12.1. The van der Waals surface area contributed by atoms with Gasteiger partial charge in [-0.2, -0.15) is 0 Å². The van der Waals surface area contributed by atoms with Crippen molar-refractivity contribution in [2.45, 2.75) is 33.0 Å². The summed E-state index contributed by atoms with van der Waals surface area (Å²) in [5, 5.41) is 4.81. The van der Waals surface area contributed by atoms with E-state index in [1.165, 1.54) is 20.5 Å². The van der Waals surface area contributed by atoms with Crippen molar-refractivity contribution >= 4 is 21.4 Å². The van der Waals surface area contributed by atoms with E-state index >= 15 is 0 Å². The molecule has 0 saturated carbocycles. The van der Waals surface area contributed by atoms with Gasteiger partial charge in [-0.15, -0.1) is 11.3 Å². The van der Waals surface area contributed by atoms with Crippen molar-refractivity contribution in [3.05, 3.63) is 34.7 Å². The maximum atomic E-state index is 5.73. The molecule has 110 valence electrons. The number of methoxy groups -OCH3 is 1. The minimum absolute atomic E-state index is 0.488. The van der Waals surface area contributed by atoms with Crippen LogP contribution in [0.1, 0.15) is 24.3 Å². The first-order chi connectivity index (χ1) is 9.72. The Bertz CT molecular complexity index is 536. The summed E-state index contributed by atoms with van der Waals surface area (Å²) in [6, 6.07) is 9.03. The number of ether oxygens (including phenoxy) is 2. The minimum atomic E-state index is 0.488. The molecule has 0 aliphatic carbocycles. The van der Waals surface area contributed by atoms with E-state index in [0.717, 1.165) is 6.54 Å². The average molecular weight is 293 g/mol. The minimum Gasteiger partial charge on any atom is -0.382 e. The van der Waals surface area contributed by atoms with Crippen molar-refractivity contribution in [2.75, 3.05) is 20.3 Å². The molecule has 1 N–H and O–H groups in total. The zero-order chi connectivity index (χ0) is 14.4. The topological polar surface area (TPSA) is 30.5 Å². The predicted molar refractivity (Wildman–Crippen MR) is 85.3 cm³/mol. The first-order valence-corrected chi connectivity index (χ1v) is 7.83. The van der Waals surface area contributed by atoms with E-state index in [4.69, 9.17) is 9.47 Å². The predicted octanol–water partition coefficient (Wildman–Crippen LogP) is 3.56. The lowest BCUT2D eigenvalue weighted by Gasteiger charge is -2.09. The van der Waals surface area contributed by atoms with Gasteiger partial charge in [0.15, 0.2) is 0 Å². The maximum absolute atomic E-state index is 5.73. The lowest BCUT2D eigenvalue weighted by atomic mass is 10.1. The summed E-state index contributed by atoms with van der Waals surface area (Å²) in [6.07, 6.45) is 0. The first kappa shape index (κ1) is 15.4. The highest BCUT2D eigenvalue weighted by Gasteiger charge is 2.12. The second-order valence-corrected chi connectivity index (χ2v) is 6.22. The van der Waals surface area contributed by atoms with E-state index in [9.17, 15) is 0 Å². The van der Waals surface area contributed by atoms with Crippen LogP contribution in [0.25, 0.3) is 10.1 Å². The molecule has 0 spiro atoms. The Kier molecular flexibility index (Phi) is 5.98. The summed E-state index contributed by atoms with van der Waals surface area (Å²) >= 11 is 1.86. The molecule has 20 heavy (non-hydrogen) atoms. The van der Waals surface area contributed by atoms with Crippen molar-refractivity contribution in [1.82, 2.24) is 5.32 Å². The number of benzene rings is 1. The lowest BCUT2D eigenvalue weighted by molar-refractivity contribution is 0.0619. The Balaban J connectivity index is 2.16. The average Bonchev–Trinajstić information content (AvgIpc) is 2.79. The summed E-state index contributed by atoms with van der Waals surface area (Å²) in [5.74, 6) is 0. The van der Waals surface area contributed by atoms with E-state index < -0.39 is 0 Å². The van der Waals surface area contributed by atoms with Crippen LogP contribution in [0.4, 0.5) is 0 Å². The Hall–Kier alpha value is -0.940. The highest BCUT2D eigenvalue weighted by molar-refractivity contribution is 7.19.